The van der Waals surface area contributed by atoms with Crippen LogP contribution in [0.25, 0.3) is 0 Å². The van der Waals surface area contributed by atoms with Crippen LogP contribution in [0.15, 0.2) is 22.7 Å². The number of carboxylic acid groups (broad SMARTS) is 1. The third kappa shape index (κ3) is 3.28. The standard InChI is InChI=1S/C16H20BrNO3/c1-11-10-12(4-6-13(11)17)5-7-14(19)18-9-3-8-16(18,2)15(20)21/h4,6,10H,3,5,7-9H2,1-2H3,(H,20,21). The molecule has 0 saturated carbocycles. The zero-order valence-electron chi connectivity index (χ0n) is 12.4. The number of nitrogens with zero attached hydrogens (tertiary/aromatic N) is 1. The molecule has 4 nitrogen and oxygen atoms in total. The summed E-state index contributed by atoms with van der Waals surface area (Å²) in [4.78, 5) is 25.3. The fourth-order valence-electron chi connectivity index (χ4n) is 2.83. The normalized spacial score (nSPS) is 21.6. The van der Waals surface area contributed by atoms with Gasteiger partial charge in [-0.1, -0.05) is 28.1 Å². The maximum atomic E-state index is 12.3. The fraction of sp³-hybridized carbons (Fsp3) is 0.500. The lowest BCUT2D eigenvalue weighted by Gasteiger charge is -2.31. The zero-order valence-corrected chi connectivity index (χ0v) is 13.9. The monoisotopic (exact) mass is 353 g/mol. The van der Waals surface area contributed by atoms with E-state index in [-0.39, 0.29) is 5.91 Å². The first-order valence-electron chi connectivity index (χ1n) is 7.13. The molecule has 1 aromatic carbocycles. The van der Waals surface area contributed by atoms with Crippen molar-refractivity contribution < 1.29 is 14.7 Å². The van der Waals surface area contributed by atoms with Gasteiger partial charge in [0.05, 0.1) is 0 Å². The Morgan fingerprint density at radius 1 is 1.43 bits per heavy atom. The first-order valence-corrected chi connectivity index (χ1v) is 7.93. The molecule has 2 rings (SSSR count). The Hall–Kier alpha value is -1.36. The van der Waals surface area contributed by atoms with Gasteiger partial charge >= 0.3 is 5.97 Å². The first kappa shape index (κ1) is 16.0. The Kier molecular flexibility index (Phi) is 4.71. The Morgan fingerprint density at radius 2 is 2.14 bits per heavy atom. The molecule has 1 atom stereocenters. The number of amides is 1. The zero-order chi connectivity index (χ0) is 15.6. The third-order valence-electron chi connectivity index (χ3n) is 4.25. The van der Waals surface area contributed by atoms with Crippen molar-refractivity contribution in [3.63, 3.8) is 0 Å². The summed E-state index contributed by atoms with van der Waals surface area (Å²) in [5, 5.41) is 9.34. The SMILES string of the molecule is Cc1cc(CCC(=O)N2CCCC2(C)C(=O)O)ccc1Br. The summed E-state index contributed by atoms with van der Waals surface area (Å²) in [6.45, 7) is 4.20. The van der Waals surface area contributed by atoms with Crippen LogP contribution >= 0.6 is 15.9 Å². The lowest BCUT2D eigenvalue weighted by molar-refractivity contribution is -0.155. The lowest BCUT2D eigenvalue weighted by atomic mass is 9.98. The molecule has 5 heteroatoms. The van der Waals surface area contributed by atoms with Crippen LogP contribution in [0.1, 0.15) is 37.3 Å². The van der Waals surface area contributed by atoms with Crippen molar-refractivity contribution in [1.82, 2.24) is 4.90 Å². The second-order valence-corrected chi connectivity index (χ2v) is 6.67. The molecule has 1 amide bonds. The summed E-state index contributed by atoms with van der Waals surface area (Å²) in [6, 6.07) is 6.02. The van der Waals surface area contributed by atoms with Crippen LogP contribution in [0.4, 0.5) is 0 Å². The van der Waals surface area contributed by atoms with Crippen LogP contribution in [-0.4, -0.2) is 34.0 Å². The highest BCUT2D eigenvalue weighted by atomic mass is 79.9. The molecule has 1 aromatic rings. The Balaban J connectivity index is 2.01. The molecule has 0 radical (unpaired) electrons. The quantitative estimate of drug-likeness (QED) is 0.904. The molecule has 1 fully saturated rings. The number of rotatable bonds is 4. The molecule has 0 aromatic heterocycles. The van der Waals surface area contributed by atoms with E-state index in [1.807, 2.05) is 19.1 Å². The van der Waals surface area contributed by atoms with Gasteiger partial charge in [-0.25, -0.2) is 4.79 Å². The van der Waals surface area contributed by atoms with E-state index in [1.54, 1.807) is 6.92 Å². The molecule has 0 spiro atoms. The van der Waals surface area contributed by atoms with Crippen LogP contribution in [0, 0.1) is 6.92 Å². The largest absolute Gasteiger partial charge is 0.480 e. The summed E-state index contributed by atoms with van der Waals surface area (Å²) >= 11 is 3.45. The highest BCUT2D eigenvalue weighted by Gasteiger charge is 2.45. The molecule has 1 heterocycles. The predicted molar refractivity (Wildman–Crippen MR) is 84.2 cm³/mol. The van der Waals surface area contributed by atoms with Crippen molar-refractivity contribution in [3.8, 4) is 0 Å². The maximum Gasteiger partial charge on any atom is 0.329 e. The first-order chi connectivity index (χ1) is 9.84. The highest BCUT2D eigenvalue weighted by Crippen LogP contribution is 2.30. The molecule has 1 saturated heterocycles. The van der Waals surface area contributed by atoms with E-state index in [0.717, 1.165) is 22.0 Å². The summed E-state index contributed by atoms with van der Waals surface area (Å²) in [5.41, 5.74) is 1.20. The fourth-order valence-corrected chi connectivity index (χ4v) is 3.08. The molecule has 1 N–H and O–H groups in total. The van der Waals surface area contributed by atoms with Gasteiger partial charge < -0.3 is 10.0 Å². The number of hydrogen-bond acceptors (Lipinski definition) is 2. The van der Waals surface area contributed by atoms with Gasteiger partial charge in [0.25, 0.3) is 0 Å². The number of hydrogen-bond donors (Lipinski definition) is 1. The number of aliphatic carboxylic acids is 1. The molecule has 21 heavy (non-hydrogen) atoms. The minimum Gasteiger partial charge on any atom is -0.480 e. The van der Waals surface area contributed by atoms with E-state index in [1.165, 1.54) is 4.90 Å². The van der Waals surface area contributed by atoms with E-state index in [4.69, 9.17) is 0 Å². The van der Waals surface area contributed by atoms with Crippen molar-refractivity contribution in [2.24, 2.45) is 0 Å². The van der Waals surface area contributed by atoms with Gasteiger partial charge in [-0.15, -0.1) is 0 Å². The van der Waals surface area contributed by atoms with E-state index in [9.17, 15) is 14.7 Å². The molecule has 1 aliphatic rings. The summed E-state index contributed by atoms with van der Waals surface area (Å²) in [5.74, 6) is -0.981. The topological polar surface area (TPSA) is 57.6 Å². The number of aryl methyl sites for hydroxylation is 2. The summed E-state index contributed by atoms with van der Waals surface area (Å²) < 4.78 is 1.05. The second-order valence-electron chi connectivity index (χ2n) is 5.81. The number of benzene rings is 1. The van der Waals surface area contributed by atoms with Crippen LogP contribution in [-0.2, 0) is 16.0 Å². The van der Waals surface area contributed by atoms with Crippen molar-refractivity contribution in [2.45, 2.75) is 45.1 Å². The van der Waals surface area contributed by atoms with E-state index in [0.29, 0.717) is 25.8 Å². The molecule has 0 aliphatic carbocycles. The highest BCUT2D eigenvalue weighted by molar-refractivity contribution is 9.10. The van der Waals surface area contributed by atoms with Crippen LogP contribution < -0.4 is 0 Å². The number of carboxylic acids is 1. The average molecular weight is 354 g/mol. The summed E-state index contributed by atoms with van der Waals surface area (Å²) in [6.07, 6.45) is 2.28. The Bertz CT molecular complexity index is 573. The maximum absolute atomic E-state index is 12.3. The van der Waals surface area contributed by atoms with Gasteiger partial charge in [-0.05, 0) is 50.3 Å². The number of carbonyl (C=O) groups excluding carboxylic acids is 1. The number of likely N-dealkylation sites (tertiary alicyclic amines) is 1. The van der Waals surface area contributed by atoms with Gasteiger partial charge in [0, 0.05) is 17.4 Å². The number of carbonyl (C=O) groups is 2. The van der Waals surface area contributed by atoms with E-state index >= 15 is 0 Å². The molecule has 1 unspecified atom stereocenters. The predicted octanol–water partition coefficient (Wildman–Crippen LogP) is 3.16. The van der Waals surface area contributed by atoms with Crippen molar-refractivity contribution in [2.75, 3.05) is 6.54 Å². The van der Waals surface area contributed by atoms with Crippen LogP contribution in [0.2, 0.25) is 0 Å². The Morgan fingerprint density at radius 3 is 2.76 bits per heavy atom. The summed E-state index contributed by atoms with van der Waals surface area (Å²) in [7, 11) is 0. The minimum atomic E-state index is -1.04. The van der Waals surface area contributed by atoms with E-state index < -0.39 is 11.5 Å². The van der Waals surface area contributed by atoms with Crippen LogP contribution in [0.5, 0.6) is 0 Å². The molecule has 1 aliphatic heterocycles. The Labute approximate surface area is 133 Å². The third-order valence-corrected chi connectivity index (χ3v) is 5.14. The molecule has 0 bridgehead atoms. The number of halogens is 1. The van der Waals surface area contributed by atoms with Crippen LogP contribution in [0.3, 0.4) is 0 Å². The second kappa shape index (κ2) is 6.18. The molecule has 114 valence electrons. The molecular formula is C16H20BrNO3. The van der Waals surface area contributed by atoms with Crippen molar-refractivity contribution >= 4 is 27.8 Å². The average Bonchev–Trinajstić information content (AvgIpc) is 2.83. The van der Waals surface area contributed by atoms with Crippen molar-refractivity contribution in [1.29, 1.82) is 0 Å². The van der Waals surface area contributed by atoms with E-state index in [2.05, 4.69) is 22.0 Å². The lowest BCUT2D eigenvalue weighted by Crippen LogP contribution is -2.50. The van der Waals surface area contributed by atoms with Gasteiger partial charge in [0.1, 0.15) is 5.54 Å². The molecular weight excluding hydrogens is 334 g/mol. The van der Waals surface area contributed by atoms with Gasteiger partial charge in [0.15, 0.2) is 0 Å². The van der Waals surface area contributed by atoms with Gasteiger partial charge in [0.2, 0.25) is 5.91 Å². The van der Waals surface area contributed by atoms with Crippen molar-refractivity contribution in [3.05, 3.63) is 33.8 Å². The minimum absolute atomic E-state index is 0.0713. The smallest absolute Gasteiger partial charge is 0.329 e. The van der Waals surface area contributed by atoms with Gasteiger partial charge in [-0.2, -0.15) is 0 Å². The van der Waals surface area contributed by atoms with Gasteiger partial charge in [-0.3, -0.25) is 4.79 Å².